The molecule has 0 saturated carbocycles. The molecule has 0 saturated heterocycles. The normalized spacial score (nSPS) is 13.9. The third-order valence-corrected chi connectivity index (χ3v) is 2.46. The minimum Gasteiger partial charge on any atom is -0.497 e. The predicted octanol–water partition coefficient (Wildman–Crippen LogP) is 1.91. The average molecular weight is 216 g/mol. The van der Waals surface area contributed by atoms with Crippen LogP contribution >= 0.6 is 0 Å². The summed E-state index contributed by atoms with van der Waals surface area (Å²) in [5.74, 6) is 1.34. The third-order valence-electron chi connectivity index (χ3n) is 2.46. The Morgan fingerprint density at radius 1 is 1.50 bits per heavy atom. The summed E-state index contributed by atoms with van der Waals surface area (Å²) in [6.45, 7) is 0.650. The van der Waals surface area contributed by atoms with Gasteiger partial charge in [0, 0.05) is 18.1 Å². The summed E-state index contributed by atoms with van der Waals surface area (Å²) in [4.78, 5) is 0. The van der Waals surface area contributed by atoms with Crippen molar-refractivity contribution in [3.05, 3.63) is 29.3 Å². The van der Waals surface area contributed by atoms with Crippen molar-refractivity contribution in [2.24, 2.45) is 0 Å². The topological polar surface area (TPSA) is 68.3 Å². The van der Waals surface area contributed by atoms with Gasteiger partial charge in [0.1, 0.15) is 17.6 Å². The van der Waals surface area contributed by atoms with Crippen molar-refractivity contribution < 1.29 is 9.47 Å². The fourth-order valence-electron chi connectivity index (χ4n) is 1.68. The highest BCUT2D eigenvalue weighted by Gasteiger charge is 2.16. The molecular formula is C12H12N2O2. The van der Waals surface area contributed by atoms with Crippen LogP contribution in [0.25, 0.3) is 5.76 Å². The zero-order valence-electron chi connectivity index (χ0n) is 8.99. The number of ether oxygens (including phenoxy) is 2. The van der Waals surface area contributed by atoms with Crippen molar-refractivity contribution in [2.45, 2.75) is 6.42 Å². The molecule has 1 aliphatic rings. The summed E-state index contributed by atoms with van der Waals surface area (Å²) in [6, 6.07) is 5.50. The molecule has 2 N–H and O–H groups in total. The molecule has 82 valence electrons. The first-order chi connectivity index (χ1) is 7.76. The van der Waals surface area contributed by atoms with E-state index in [1.165, 1.54) is 0 Å². The van der Waals surface area contributed by atoms with Crippen LogP contribution in [0.15, 0.2) is 18.2 Å². The number of nitrogens with two attached hydrogens (primary N) is 1. The third kappa shape index (κ3) is 1.68. The Labute approximate surface area is 93.9 Å². The van der Waals surface area contributed by atoms with E-state index in [0.29, 0.717) is 34.9 Å². The summed E-state index contributed by atoms with van der Waals surface area (Å²) in [5.41, 5.74) is 7.35. The largest absolute Gasteiger partial charge is 0.497 e. The highest BCUT2D eigenvalue weighted by atomic mass is 16.5. The van der Waals surface area contributed by atoms with Gasteiger partial charge in [-0.3, -0.25) is 0 Å². The molecule has 0 spiro atoms. The standard InChI is InChI=1S/C12H12N2O2/c1-15-8-5-9(12-3-2-4-16-12)10(7-13)11(14)6-8/h3,5-6H,2,4,14H2,1H3. The first kappa shape index (κ1) is 10.4. The van der Waals surface area contributed by atoms with E-state index in [1.807, 2.05) is 6.08 Å². The van der Waals surface area contributed by atoms with Gasteiger partial charge in [-0.1, -0.05) is 0 Å². The molecule has 0 bridgehead atoms. The van der Waals surface area contributed by atoms with E-state index in [1.54, 1.807) is 19.2 Å². The molecule has 4 heteroatoms. The van der Waals surface area contributed by atoms with E-state index in [2.05, 4.69) is 6.07 Å². The molecule has 1 aromatic carbocycles. The van der Waals surface area contributed by atoms with Crippen LogP contribution in [0.5, 0.6) is 5.75 Å². The second-order valence-corrected chi connectivity index (χ2v) is 3.46. The van der Waals surface area contributed by atoms with Gasteiger partial charge in [-0.15, -0.1) is 0 Å². The lowest BCUT2D eigenvalue weighted by molar-refractivity contribution is 0.307. The molecule has 4 nitrogen and oxygen atoms in total. The fraction of sp³-hybridized carbons (Fsp3) is 0.250. The molecule has 0 unspecified atom stereocenters. The number of hydrogen-bond acceptors (Lipinski definition) is 4. The minimum absolute atomic E-state index is 0.410. The summed E-state index contributed by atoms with van der Waals surface area (Å²) >= 11 is 0. The van der Waals surface area contributed by atoms with Crippen molar-refractivity contribution in [1.82, 2.24) is 0 Å². The van der Waals surface area contributed by atoms with Crippen molar-refractivity contribution >= 4 is 11.4 Å². The summed E-state index contributed by atoms with van der Waals surface area (Å²) in [6.07, 6.45) is 2.81. The molecule has 16 heavy (non-hydrogen) atoms. The Morgan fingerprint density at radius 2 is 2.31 bits per heavy atom. The van der Waals surface area contributed by atoms with Crippen molar-refractivity contribution in [3.63, 3.8) is 0 Å². The van der Waals surface area contributed by atoms with Crippen LogP contribution in [0.4, 0.5) is 5.69 Å². The van der Waals surface area contributed by atoms with Crippen LogP contribution in [-0.2, 0) is 4.74 Å². The number of nitrogens with zero attached hydrogens (tertiary/aromatic N) is 1. The second kappa shape index (κ2) is 4.15. The maximum absolute atomic E-state index is 9.07. The number of nitriles is 1. The number of methoxy groups -OCH3 is 1. The first-order valence-electron chi connectivity index (χ1n) is 4.97. The van der Waals surface area contributed by atoms with Crippen LogP contribution in [0.2, 0.25) is 0 Å². The van der Waals surface area contributed by atoms with Crippen LogP contribution in [0.3, 0.4) is 0 Å². The van der Waals surface area contributed by atoms with Crippen LogP contribution in [0.1, 0.15) is 17.5 Å². The van der Waals surface area contributed by atoms with Crippen molar-refractivity contribution in [3.8, 4) is 11.8 Å². The monoisotopic (exact) mass is 216 g/mol. The van der Waals surface area contributed by atoms with E-state index in [-0.39, 0.29) is 0 Å². The molecule has 0 aromatic heterocycles. The van der Waals surface area contributed by atoms with Gasteiger partial charge < -0.3 is 15.2 Å². The van der Waals surface area contributed by atoms with Crippen LogP contribution in [-0.4, -0.2) is 13.7 Å². The van der Waals surface area contributed by atoms with Gasteiger partial charge in [-0.2, -0.15) is 5.26 Å². The predicted molar refractivity (Wildman–Crippen MR) is 60.7 cm³/mol. The fourth-order valence-corrected chi connectivity index (χ4v) is 1.68. The zero-order chi connectivity index (χ0) is 11.5. The number of nitrogen functional groups attached to an aromatic ring is 1. The van der Waals surface area contributed by atoms with E-state index < -0.39 is 0 Å². The van der Waals surface area contributed by atoms with Gasteiger partial charge in [0.05, 0.1) is 25.0 Å². The van der Waals surface area contributed by atoms with Crippen molar-refractivity contribution in [1.29, 1.82) is 5.26 Å². The van der Waals surface area contributed by atoms with Crippen molar-refractivity contribution in [2.75, 3.05) is 19.5 Å². The van der Waals surface area contributed by atoms with Gasteiger partial charge in [-0.05, 0) is 12.1 Å². The molecule has 1 aliphatic heterocycles. The molecule has 0 aliphatic carbocycles. The van der Waals surface area contributed by atoms with Gasteiger partial charge in [0.25, 0.3) is 0 Å². The highest BCUT2D eigenvalue weighted by molar-refractivity contribution is 5.75. The Hall–Kier alpha value is -2.15. The average Bonchev–Trinajstić information content (AvgIpc) is 2.81. The number of anilines is 1. The maximum atomic E-state index is 9.07. The molecule has 0 atom stereocenters. The highest BCUT2D eigenvalue weighted by Crippen LogP contribution is 2.31. The van der Waals surface area contributed by atoms with Gasteiger partial charge in [0.15, 0.2) is 0 Å². The molecule has 1 heterocycles. The summed E-state index contributed by atoms with van der Waals surface area (Å²) in [5, 5.41) is 9.07. The smallest absolute Gasteiger partial charge is 0.124 e. The zero-order valence-corrected chi connectivity index (χ0v) is 8.99. The SMILES string of the molecule is COc1cc(N)c(C#N)c(C2=CCCO2)c1. The molecule has 0 amide bonds. The molecule has 0 fully saturated rings. The number of rotatable bonds is 2. The lowest BCUT2D eigenvalue weighted by atomic mass is 10.0. The van der Waals surface area contributed by atoms with Gasteiger partial charge in [0.2, 0.25) is 0 Å². The molecule has 1 aromatic rings. The molecule has 0 radical (unpaired) electrons. The Morgan fingerprint density at radius 3 is 2.88 bits per heavy atom. The van der Waals surface area contributed by atoms with Gasteiger partial charge in [-0.25, -0.2) is 0 Å². The van der Waals surface area contributed by atoms with Gasteiger partial charge >= 0.3 is 0 Å². The maximum Gasteiger partial charge on any atom is 0.124 e. The Balaban J connectivity index is 2.57. The molecular weight excluding hydrogens is 204 g/mol. The van der Waals surface area contributed by atoms with Crippen LogP contribution in [0, 0.1) is 11.3 Å². The van der Waals surface area contributed by atoms with E-state index in [9.17, 15) is 0 Å². The quantitative estimate of drug-likeness (QED) is 0.767. The summed E-state index contributed by atoms with van der Waals surface area (Å²) in [7, 11) is 1.56. The molecule has 2 rings (SSSR count). The lowest BCUT2D eigenvalue weighted by Crippen LogP contribution is -1.99. The Kier molecular flexibility index (Phi) is 2.69. The number of benzene rings is 1. The Bertz CT molecular complexity index is 487. The second-order valence-electron chi connectivity index (χ2n) is 3.46. The van der Waals surface area contributed by atoms with Crippen LogP contribution < -0.4 is 10.5 Å². The van der Waals surface area contributed by atoms with E-state index in [4.69, 9.17) is 20.5 Å². The van der Waals surface area contributed by atoms with E-state index >= 15 is 0 Å². The number of hydrogen-bond donors (Lipinski definition) is 1. The van der Waals surface area contributed by atoms with E-state index in [0.717, 1.165) is 6.42 Å². The summed E-state index contributed by atoms with van der Waals surface area (Å²) < 4.78 is 10.6. The minimum atomic E-state index is 0.410. The lowest BCUT2D eigenvalue weighted by Gasteiger charge is -2.10. The first-order valence-corrected chi connectivity index (χ1v) is 4.97.